The third-order valence-corrected chi connectivity index (χ3v) is 3.86. The summed E-state index contributed by atoms with van der Waals surface area (Å²) in [7, 11) is 3.13. The molecule has 0 fully saturated rings. The Morgan fingerprint density at radius 1 is 1.48 bits per heavy atom. The fourth-order valence-corrected chi connectivity index (χ4v) is 2.59. The summed E-state index contributed by atoms with van der Waals surface area (Å²) in [6, 6.07) is 7.02. The number of hydrogen-bond acceptors (Lipinski definition) is 5. The van der Waals surface area contributed by atoms with Gasteiger partial charge in [0, 0.05) is 35.9 Å². The number of methoxy groups -OCH3 is 1. The molecule has 1 atom stereocenters. The molecule has 0 amide bonds. The van der Waals surface area contributed by atoms with E-state index >= 15 is 0 Å². The van der Waals surface area contributed by atoms with E-state index in [2.05, 4.69) is 20.9 Å². The number of aromatic nitrogens is 2. The number of rotatable bonds is 6. The third-order valence-electron chi connectivity index (χ3n) is 3.36. The van der Waals surface area contributed by atoms with Crippen molar-refractivity contribution in [3.05, 3.63) is 46.5 Å². The van der Waals surface area contributed by atoms with Gasteiger partial charge in [-0.15, -0.1) is 0 Å². The van der Waals surface area contributed by atoms with E-state index in [0.29, 0.717) is 11.3 Å². The minimum Gasteiger partial charge on any atom is -0.496 e. The quantitative estimate of drug-likeness (QED) is 0.571. The van der Waals surface area contributed by atoms with Crippen molar-refractivity contribution in [1.29, 1.82) is 5.26 Å². The van der Waals surface area contributed by atoms with Crippen molar-refractivity contribution < 1.29 is 14.3 Å². The SMILES string of the molecule is COc1ccc(Br)cc1CC(=O)[C@@H](C#N)C(=O)c1nccn1C. The number of carbonyl (C=O) groups is 2. The van der Waals surface area contributed by atoms with Crippen LogP contribution in [0.3, 0.4) is 0 Å². The zero-order valence-electron chi connectivity index (χ0n) is 12.6. The van der Waals surface area contributed by atoms with E-state index in [1.165, 1.54) is 17.9 Å². The number of nitrogens with zero attached hydrogens (tertiary/aromatic N) is 3. The van der Waals surface area contributed by atoms with Gasteiger partial charge in [-0.2, -0.15) is 5.26 Å². The highest BCUT2D eigenvalue weighted by molar-refractivity contribution is 9.10. The Bertz CT molecular complexity index is 792. The first kappa shape index (κ1) is 16.9. The topological polar surface area (TPSA) is 85.0 Å². The zero-order valence-corrected chi connectivity index (χ0v) is 14.2. The number of benzene rings is 1. The number of halogens is 1. The first-order valence-corrected chi connectivity index (χ1v) is 7.53. The second kappa shape index (κ2) is 7.20. The van der Waals surface area contributed by atoms with Gasteiger partial charge in [-0.25, -0.2) is 4.98 Å². The molecule has 2 aromatic rings. The lowest BCUT2D eigenvalue weighted by atomic mass is 9.94. The monoisotopic (exact) mass is 375 g/mol. The highest BCUT2D eigenvalue weighted by atomic mass is 79.9. The predicted octanol–water partition coefficient (Wildman–Crippen LogP) is 2.33. The Morgan fingerprint density at radius 2 is 2.22 bits per heavy atom. The minimum absolute atomic E-state index is 0.0724. The molecule has 0 saturated heterocycles. The summed E-state index contributed by atoms with van der Waals surface area (Å²) in [4.78, 5) is 28.7. The van der Waals surface area contributed by atoms with Crippen molar-refractivity contribution in [2.75, 3.05) is 7.11 Å². The minimum atomic E-state index is -1.39. The van der Waals surface area contributed by atoms with E-state index in [1.807, 2.05) is 0 Å². The molecule has 118 valence electrons. The van der Waals surface area contributed by atoms with Crippen molar-refractivity contribution in [2.45, 2.75) is 6.42 Å². The van der Waals surface area contributed by atoms with Crippen molar-refractivity contribution in [1.82, 2.24) is 9.55 Å². The summed E-state index contributed by atoms with van der Waals surface area (Å²) < 4.78 is 7.48. The summed E-state index contributed by atoms with van der Waals surface area (Å²) in [6.45, 7) is 0. The number of ketones is 2. The molecule has 6 nitrogen and oxygen atoms in total. The van der Waals surface area contributed by atoms with Crippen LogP contribution in [-0.4, -0.2) is 28.2 Å². The molecule has 0 unspecified atom stereocenters. The van der Waals surface area contributed by atoms with Gasteiger partial charge in [0.15, 0.2) is 17.5 Å². The maximum absolute atomic E-state index is 12.4. The van der Waals surface area contributed by atoms with Crippen LogP contribution in [0.25, 0.3) is 0 Å². The summed E-state index contributed by atoms with van der Waals surface area (Å²) in [5.41, 5.74) is 0.611. The third kappa shape index (κ3) is 3.66. The van der Waals surface area contributed by atoms with E-state index in [4.69, 9.17) is 4.74 Å². The van der Waals surface area contributed by atoms with E-state index in [-0.39, 0.29) is 12.2 Å². The van der Waals surface area contributed by atoms with Gasteiger partial charge < -0.3 is 9.30 Å². The van der Waals surface area contributed by atoms with Gasteiger partial charge in [-0.05, 0) is 18.2 Å². The fraction of sp³-hybridized carbons (Fsp3) is 0.250. The molecule has 1 aromatic carbocycles. The second-order valence-corrected chi connectivity index (χ2v) is 5.80. The van der Waals surface area contributed by atoms with Crippen molar-refractivity contribution in [2.24, 2.45) is 13.0 Å². The van der Waals surface area contributed by atoms with Crippen LogP contribution < -0.4 is 4.74 Å². The number of ether oxygens (including phenoxy) is 1. The summed E-state index contributed by atoms with van der Waals surface area (Å²) in [5, 5.41) is 9.25. The summed E-state index contributed by atoms with van der Waals surface area (Å²) >= 11 is 3.33. The molecule has 0 aliphatic heterocycles. The fourth-order valence-electron chi connectivity index (χ4n) is 2.18. The number of nitriles is 1. The highest BCUT2D eigenvalue weighted by Crippen LogP contribution is 2.24. The van der Waals surface area contributed by atoms with Crippen LogP contribution in [0, 0.1) is 17.2 Å². The average molecular weight is 376 g/mol. The zero-order chi connectivity index (χ0) is 17.0. The Morgan fingerprint density at radius 3 is 2.78 bits per heavy atom. The number of aryl methyl sites for hydroxylation is 1. The first-order valence-electron chi connectivity index (χ1n) is 6.74. The molecule has 0 bridgehead atoms. The van der Waals surface area contributed by atoms with Gasteiger partial charge in [0.25, 0.3) is 0 Å². The lowest BCUT2D eigenvalue weighted by Crippen LogP contribution is -2.26. The number of hydrogen-bond donors (Lipinski definition) is 0. The molecule has 1 heterocycles. The molecule has 0 N–H and O–H groups in total. The molecular weight excluding hydrogens is 362 g/mol. The van der Waals surface area contributed by atoms with Crippen molar-refractivity contribution >= 4 is 27.5 Å². The van der Waals surface area contributed by atoms with E-state index < -0.39 is 17.5 Å². The van der Waals surface area contributed by atoms with Gasteiger partial charge in [0.2, 0.25) is 5.78 Å². The number of carbonyl (C=O) groups excluding carboxylic acids is 2. The van der Waals surface area contributed by atoms with Crippen LogP contribution in [-0.2, 0) is 18.3 Å². The molecule has 0 spiro atoms. The van der Waals surface area contributed by atoms with E-state index in [1.54, 1.807) is 37.5 Å². The van der Waals surface area contributed by atoms with Crippen LogP contribution in [0.1, 0.15) is 16.2 Å². The molecule has 1 aromatic heterocycles. The number of Topliss-reactive ketones (excluding diaryl/α,β-unsaturated/α-hetero) is 2. The Hall–Kier alpha value is -2.46. The molecule has 0 radical (unpaired) electrons. The van der Waals surface area contributed by atoms with Crippen LogP contribution in [0.5, 0.6) is 5.75 Å². The van der Waals surface area contributed by atoms with E-state index in [9.17, 15) is 14.9 Å². The Balaban J connectivity index is 2.25. The van der Waals surface area contributed by atoms with Crippen molar-refractivity contribution in [3.63, 3.8) is 0 Å². The number of imidazole rings is 1. The van der Waals surface area contributed by atoms with Gasteiger partial charge in [0.05, 0.1) is 13.2 Å². The Kier molecular flexibility index (Phi) is 5.29. The predicted molar refractivity (Wildman–Crippen MR) is 86.0 cm³/mol. The first-order chi connectivity index (χ1) is 11.0. The molecule has 7 heteroatoms. The van der Waals surface area contributed by atoms with Crippen LogP contribution in [0.4, 0.5) is 0 Å². The average Bonchev–Trinajstić information content (AvgIpc) is 2.94. The summed E-state index contributed by atoms with van der Waals surface area (Å²) in [5.74, 6) is -1.86. The lowest BCUT2D eigenvalue weighted by Gasteiger charge is -2.11. The molecule has 0 aliphatic rings. The van der Waals surface area contributed by atoms with Crippen LogP contribution >= 0.6 is 15.9 Å². The molecule has 0 aliphatic carbocycles. The summed E-state index contributed by atoms with van der Waals surface area (Å²) in [6.07, 6.45) is 2.96. The van der Waals surface area contributed by atoms with Gasteiger partial charge in [0.1, 0.15) is 5.75 Å². The standard InChI is InChI=1S/C16H14BrN3O3/c1-20-6-5-19-16(20)15(22)12(9-18)13(21)8-10-7-11(17)3-4-14(10)23-2/h3-7,12H,8H2,1-2H3/t12-/m1/s1. The second-order valence-electron chi connectivity index (χ2n) is 4.89. The van der Waals surface area contributed by atoms with Crippen LogP contribution in [0.2, 0.25) is 0 Å². The maximum Gasteiger partial charge on any atom is 0.222 e. The maximum atomic E-state index is 12.4. The van der Waals surface area contributed by atoms with Gasteiger partial charge in [-0.3, -0.25) is 9.59 Å². The largest absolute Gasteiger partial charge is 0.496 e. The van der Waals surface area contributed by atoms with Gasteiger partial charge >= 0.3 is 0 Å². The van der Waals surface area contributed by atoms with Gasteiger partial charge in [-0.1, -0.05) is 15.9 Å². The smallest absolute Gasteiger partial charge is 0.222 e. The Labute approximate surface area is 141 Å². The van der Waals surface area contributed by atoms with Crippen LogP contribution in [0.15, 0.2) is 35.1 Å². The normalized spacial score (nSPS) is 11.6. The lowest BCUT2D eigenvalue weighted by molar-refractivity contribution is -0.119. The van der Waals surface area contributed by atoms with E-state index in [0.717, 1.165) is 4.47 Å². The van der Waals surface area contributed by atoms with Crippen molar-refractivity contribution in [3.8, 4) is 11.8 Å². The molecule has 23 heavy (non-hydrogen) atoms. The molecule has 2 rings (SSSR count). The highest BCUT2D eigenvalue weighted by Gasteiger charge is 2.30. The molecular formula is C16H14BrN3O3. The molecule has 0 saturated carbocycles.